The Morgan fingerprint density at radius 3 is 2.00 bits per heavy atom. The van der Waals surface area contributed by atoms with Crippen LogP contribution in [0.15, 0.2) is 51.7 Å². The molecule has 0 atom stereocenters. The van der Waals surface area contributed by atoms with E-state index in [1.807, 2.05) is 18.3 Å². The van der Waals surface area contributed by atoms with Gasteiger partial charge in [0.05, 0.1) is 0 Å². The number of halogens is 2. The van der Waals surface area contributed by atoms with Gasteiger partial charge in [-0.25, -0.2) is 4.98 Å². The SMILES string of the molecule is CC(C)(C)c1cc(Br)ncc1Br.OB(O)c1ccccc1. The number of pyridine rings is 1. The molecule has 112 valence electrons. The third-order valence-corrected chi connectivity index (χ3v) is 3.79. The molecule has 1 aromatic heterocycles. The van der Waals surface area contributed by atoms with Crippen LogP contribution in [0.5, 0.6) is 0 Å². The zero-order chi connectivity index (χ0) is 16.0. The molecular formula is C15H18BBr2NO2. The fourth-order valence-corrected chi connectivity index (χ4v) is 2.76. The number of nitrogens with zero attached hydrogens (tertiary/aromatic N) is 1. The summed E-state index contributed by atoms with van der Waals surface area (Å²) in [6.45, 7) is 6.54. The molecule has 1 heterocycles. The van der Waals surface area contributed by atoms with Crippen LogP contribution in [0, 0.1) is 0 Å². The molecule has 0 saturated carbocycles. The quantitative estimate of drug-likeness (QED) is 0.556. The zero-order valence-electron chi connectivity index (χ0n) is 12.2. The van der Waals surface area contributed by atoms with Gasteiger partial charge in [-0.15, -0.1) is 0 Å². The van der Waals surface area contributed by atoms with Crippen LogP contribution in [0.1, 0.15) is 26.3 Å². The van der Waals surface area contributed by atoms with Crippen molar-refractivity contribution in [3.63, 3.8) is 0 Å². The Kier molecular flexibility index (Phi) is 7.07. The van der Waals surface area contributed by atoms with Gasteiger partial charge in [0.15, 0.2) is 0 Å². The molecule has 21 heavy (non-hydrogen) atoms. The van der Waals surface area contributed by atoms with E-state index in [1.54, 1.807) is 24.3 Å². The Bertz CT molecular complexity index is 572. The van der Waals surface area contributed by atoms with Crippen molar-refractivity contribution < 1.29 is 10.0 Å². The Morgan fingerprint density at radius 2 is 1.62 bits per heavy atom. The van der Waals surface area contributed by atoms with Crippen LogP contribution < -0.4 is 5.46 Å². The molecule has 0 amide bonds. The van der Waals surface area contributed by atoms with Crippen molar-refractivity contribution >= 4 is 44.4 Å². The monoisotopic (exact) mass is 413 g/mol. The third-order valence-electron chi connectivity index (χ3n) is 2.73. The number of rotatable bonds is 1. The van der Waals surface area contributed by atoms with E-state index < -0.39 is 7.12 Å². The van der Waals surface area contributed by atoms with E-state index in [9.17, 15) is 0 Å². The Labute approximate surface area is 142 Å². The first-order chi connectivity index (χ1) is 9.71. The molecule has 0 aliphatic rings. The highest BCUT2D eigenvalue weighted by molar-refractivity contribution is 9.11. The van der Waals surface area contributed by atoms with Crippen molar-refractivity contribution in [3.05, 3.63) is 57.2 Å². The first-order valence-corrected chi connectivity index (χ1v) is 8.03. The maximum atomic E-state index is 8.58. The maximum Gasteiger partial charge on any atom is 0.488 e. The summed E-state index contributed by atoms with van der Waals surface area (Å²) in [6, 6.07) is 10.7. The number of benzene rings is 1. The van der Waals surface area contributed by atoms with E-state index in [0.717, 1.165) is 9.08 Å². The van der Waals surface area contributed by atoms with Gasteiger partial charge in [0, 0.05) is 10.7 Å². The van der Waals surface area contributed by atoms with Gasteiger partial charge >= 0.3 is 7.12 Å². The van der Waals surface area contributed by atoms with E-state index in [1.165, 1.54) is 5.56 Å². The summed E-state index contributed by atoms with van der Waals surface area (Å²) in [7, 11) is -1.34. The number of hydrogen-bond donors (Lipinski definition) is 2. The van der Waals surface area contributed by atoms with Gasteiger partial charge < -0.3 is 10.0 Å². The molecule has 6 heteroatoms. The third kappa shape index (κ3) is 6.30. The first-order valence-electron chi connectivity index (χ1n) is 6.44. The van der Waals surface area contributed by atoms with Gasteiger partial charge in [-0.2, -0.15) is 0 Å². The van der Waals surface area contributed by atoms with Crippen molar-refractivity contribution in [2.24, 2.45) is 0 Å². The minimum atomic E-state index is -1.34. The van der Waals surface area contributed by atoms with E-state index in [0.29, 0.717) is 5.46 Å². The van der Waals surface area contributed by atoms with Crippen molar-refractivity contribution in [2.75, 3.05) is 0 Å². The average Bonchev–Trinajstić information content (AvgIpc) is 2.42. The number of aromatic nitrogens is 1. The second kappa shape index (κ2) is 8.08. The molecule has 1 aromatic carbocycles. The molecule has 0 spiro atoms. The summed E-state index contributed by atoms with van der Waals surface area (Å²) < 4.78 is 1.95. The second-order valence-electron chi connectivity index (χ2n) is 5.52. The summed E-state index contributed by atoms with van der Waals surface area (Å²) in [5.41, 5.74) is 1.95. The largest absolute Gasteiger partial charge is 0.488 e. The van der Waals surface area contributed by atoms with E-state index >= 15 is 0 Å². The fourth-order valence-electron chi connectivity index (χ4n) is 1.61. The van der Waals surface area contributed by atoms with Crippen molar-refractivity contribution in [3.8, 4) is 0 Å². The molecule has 0 radical (unpaired) electrons. The van der Waals surface area contributed by atoms with Crippen LogP contribution in [-0.4, -0.2) is 22.2 Å². The molecular weight excluding hydrogens is 397 g/mol. The molecule has 2 rings (SSSR count). The van der Waals surface area contributed by atoms with Gasteiger partial charge in [0.25, 0.3) is 0 Å². The van der Waals surface area contributed by atoms with E-state index in [2.05, 4.69) is 57.6 Å². The van der Waals surface area contributed by atoms with Crippen LogP contribution in [0.4, 0.5) is 0 Å². The van der Waals surface area contributed by atoms with Gasteiger partial charge in [0.1, 0.15) is 4.60 Å². The standard InChI is InChI=1S/C9H11Br2N.C6H7BO2/c1-9(2,3)6-4-8(11)12-5-7(6)10;8-7(9)6-4-2-1-3-5-6/h4-5H,1-3H3;1-5,8-9H. The Hall–Kier alpha value is -0.685. The highest BCUT2D eigenvalue weighted by Gasteiger charge is 2.17. The van der Waals surface area contributed by atoms with Gasteiger partial charge in [0.2, 0.25) is 0 Å². The van der Waals surface area contributed by atoms with Crippen LogP contribution >= 0.6 is 31.9 Å². The minimum Gasteiger partial charge on any atom is -0.423 e. The van der Waals surface area contributed by atoms with Crippen LogP contribution in [0.3, 0.4) is 0 Å². The second-order valence-corrected chi connectivity index (χ2v) is 7.19. The lowest BCUT2D eigenvalue weighted by Gasteiger charge is -2.20. The average molecular weight is 415 g/mol. The molecule has 0 fully saturated rings. The fraction of sp³-hybridized carbons (Fsp3) is 0.267. The highest BCUT2D eigenvalue weighted by atomic mass is 79.9. The minimum absolute atomic E-state index is 0.157. The lowest BCUT2D eigenvalue weighted by Crippen LogP contribution is -2.29. The van der Waals surface area contributed by atoms with E-state index in [-0.39, 0.29) is 5.41 Å². The molecule has 0 unspecified atom stereocenters. The van der Waals surface area contributed by atoms with Crippen molar-refractivity contribution in [1.29, 1.82) is 0 Å². The summed E-state index contributed by atoms with van der Waals surface area (Å²) in [4.78, 5) is 4.12. The van der Waals surface area contributed by atoms with Gasteiger partial charge in [-0.05, 0) is 54.4 Å². The lowest BCUT2D eigenvalue weighted by molar-refractivity contribution is 0.426. The van der Waals surface area contributed by atoms with Crippen LogP contribution in [-0.2, 0) is 5.41 Å². The number of hydrogen-bond acceptors (Lipinski definition) is 3. The highest BCUT2D eigenvalue weighted by Crippen LogP contribution is 2.30. The topological polar surface area (TPSA) is 53.4 Å². The lowest BCUT2D eigenvalue weighted by atomic mass is 9.81. The predicted octanol–water partition coefficient (Wildman–Crippen LogP) is 3.27. The van der Waals surface area contributed by atoms with Crippen molar-refractivity contribution in [2.45, 2.75) is 26.2 Å². The first kappa shape index (κ1) is 18.4. The smallest absolute Gasteiger partial charge is 0.423 e. The summed E-state index contributed by atoms with van der Waals surface area (Å²) in [5.74, 6) is 0. The maximum absolute atomic E-state index is 8.58. The molecule has 2 N–H and O–H groups in total. The van der Waals surface area contributed by atoms with Gasteiger partial charge in [-0.1, -0.05) is 51.1 Å². The molecule has 0 bridgehead atoms. The molecule has 0 aliphatic heterocycles. The van der Waals surface area contributed by atoms with Gasteiger partial charge in [-0.3, -0.25) is 0 Å². The van der Waals surface area contributed by atoms with Crippen LogP contribution in [0.25, 0.3) is 0 Å². The van der Waals surface area contributed by atoms with E-state index in [4.69, 9.17) is 10.0 Å². The van der Waals surface area contributed by atoms with Crippen LogP contribution in [0.2, 0.25) is 0 Å². The molecule has 0 aliphatic carbocycles. The normalized spacial score (nSPS) is 10.6. The summed E-state index contributed by atoms with van der Waals surface area (Å²) >= 11 is 6.84. The zero-order valence-corrected chi connectivity index (χ0v) is 15.4. The Balaban J connectivity index is 0.000000219. The molecule has 2 aromatic rings. The molecule has 0 saturated heterocycles. The summed E-state index contributed by atoms with van der Waals surface area (Å²) in [5, 5.41) is 17.2. The predicted molar refractivity (Wildman–Crippen MR) is 94.6 cm³/mol. The Morgan fingerprint density at radius 1 is 1.05 bits per heavy atom. The summed E-state index contributed by atoms with van der Waals surface area (Å²) in [6.07, 6.45) is 1.82. The van der Waals surface area contributed by atoms with Crippen molar-refractivity contribution in [1.82, 2.24) is 4.98 Å². The molecule has 3 nitrogen and oxygen atoms in total.